The van der Waals surface area contributed by atoms with E-state index in [0.29, 0.717) is 6.61 Å². The maximum Gasteiger partial charge on any atom is 0.308 e. The lowest BCUT2D eigenvalue weighted by Crippen LogP contribution is -2.40. The molecule has 0 bridgehead atoms. The van der Waals surface area contributed by atoms with Crippen molar-refractivity contribution >= 4 is 20.4 Å². The zero-order valence-electron chi connectivity index (χ0n) is 22.7. The van der Waals surface area contributed by atoms with Crippen LogP contribution in [0.4, 0.5) is 4.39 Å². The van der Waals surface area contributed by atoms with Crippen molar-refractivity contribution in [2.24, 2.45) is 0 Å². The molecule has 0 radical (unpaired) electrons. The second kappa shape index (κ2) is 12.2. The lowest BCUT2D eigenvalue weighted by atomic mass is 9.92. The van der Waals surface area contributed by atoms with Gasteiger partial charge in [0.25, 0.3) is 0 Å². The molecule has 2 unspecified atom stereocenters. The number of aliphatic hydroxyl groups excluding tert-OH is 2. The number of benzene rings is 1. The van der Waals surface area contributed by atoms with E-state index in [1.165, 1.54) is 19.2 Å². The molecule has 6 nitrogen and oxygen atoms in total. The van der Waals surface area contributed by atoms with Crippen molar-refractivity contribution in [1.29, 1.82) is 0 Å². The van der Waals surface area contributed by atoms with E-state index in [4.69, 9.17) is 9.41 Å². The fourth-order valence-corrected chi connectivity index (χ4v) is 4.56. The molecule has 0 saturated heterocycles. The third-order valence-electron chi connectivity index (χ3n) is 6.88. The van der Waals surface area contributed by atoms with Gasteiger partial charge in [0.05, 0.1) is 32.3 Å². The minimum Gasteiger partial charge on any atom is -0.469 e. The summed E-state index contributed by atoms with van der Waals surface area (Å²) in [5, 5.41) is 20.6. The van der Waals surface area contributed by atoms with Crippen LogP contribution in [0.2, 0.25) is 18.1 Å². The van der Waals surface area contributed by atoms with Crippen molar-refractivity contribution in [3.05, 3.63) is 58.7 Å². The summed E-state index contributed by atoms with van der Waals surface area (Å²) in [5.41, 5.74) is 4.97. The highest BCUT2D eigenvalue weighted by Gasteiger charge is 2.37. The van der Waals surface area contributed by atoms with Gasteiger partial charge in [0, 0.05) is 28.9 Å². The van der Waals surface area contributed by atoms with E-state index in [1.54, 1.807) is 24.3 Å². The molecule has 0 amide bonds. The molecule has 0 aliphatic rings. The summed E-state index contributed by atoms with van der Waals surface area (Å²) in [6.45, 7) is 15.1. The SMILES string of the molecule is COC(=O)CC(O)CC(O)C=Cc1c(C)nc(C)c(CO[Si](C)(C)C(C)(C)C)c1-c1ccc(F)cc1. The second-order valence-corrected chi connectivity index (χ2v) is 15.5. The number of aromatic nitrogens is 1. The van der Waals surface area contributed by atoms with Gasteiger partial charge in [0.15, 0.2) is 8.32 Å². The normalized spacial score (nSPS) is 14.2. The van der Waals surface area contributed by atoms with Gasteiger partial charge in [-0.1, -0.05) is 45.1 Å². The van der Waals surface area contributed by atoms with Crippen molar-refractivity contribution in [1.82, 2.24) is 4.98 Å². The maximum atomic E-state index is 13.8. The first kappa shape index (κ1) is 29.8. The number of pyridine rings is 1. The second-order valence-electron chi connectivity index (χ2n) is 10.7. The topological polar surface area (TPSA) is 88.9 Å². The van der Waals surface area contributed by atoms with Crippen LogP contribution in [0.3, 0.4) is 0 Å². The predicted octanol–water partition coefficient (Wildman–Crippen LogP) is 5.71. The molecule has 0 spiro atoms. The first-order chi connectivity index (χ1) is 16.7. The lowest BCUT2D eigenvalue weighted by Gasteiger charge is -2.36. The van der Waals surface area contributed by atoms with Gasteiger partial charge in [-0.25, -0.2) is 4.39 Å². The summed E-state index contributed by atoms with van der Waals surface area (Å²) >= 11 is 0. The first-order valence-electron chi connectivity index (χ1n) is 12.2. The molecule has 0 aliphatic heterocycles. The number of hydrogen-bond donors (Lipinski definition) is 2. The molecule has 0 saturated carbocycles. The molecule has 2 N–H and O–H groups in total. The number of methoxy groups -OCH3 is 1. The number of carbonyl (C=O) groups excluding carboxylic acids is 1. The number of nitrogens with zero attached hydrogens (tertiary/aromatic N) is 1. The fourth-order valence-electron chi connectivity index (χ4n) is 3.62. The molecule has 2 aromatic rings. The minimum atomic E-state index is -2.06. The number of rotatable bonds is 10. The van der Waals surface area contributed by atoms with Crippen molar-refractivity contribution in [2.45, 2.75) is 84.4 Å². The Morgan fingerprint density at radius 2 is 1.75 bits per heavy atom. The monoisotopic (exact) mass is 517 g/mol. The molecule has 36 heavy (non-hydrogen) atoms. The van der Waals surface area contributed by atoms with Crippen LogP contribution in [0.25, 0.3) is 17.2 Å². The summed E-state index contributed by atoms with van der Waals surface area (Å²) in [5.74, 6) is -0.866. The molecule has 198 valence electrons. The highest BCUT2D eigenvalue weighted by atomic mass is 28.4. The van der Waals surface area contributed by atoms with Crippen molar-refractivity contribution in [2.75, 3.05) is 7.11 Å². The molecule has 0 aliphatic carbocycles. The first-order valence-corrected chi connectivity index (χ1v) is 15.1. The van der Waals surface area contributed by atoms with Crippen LogP contribution in [-0.4, -0.2) is 48.8 Å². The Bertz CT molecular complexity index is 1080. The summed E-state index contributed by atoms with van der Waals surface area (Å²) in [6.07, 6.45) is 1.12. The molecule has 0 fully saturated rings. The van der Waals surface area contributed by atoms with Gasteiger partial charge in [0.2, 0.25) is 0 Å². The molecule has 1 aromatic carbocycles. The quantitative estimate of drug-likeness (QED) is 0.310. The van der Waals surface area contributed by atoms with E-state index < -0.39 is 26.5 Å². The summed E-state index contributed by atoms with van der Waals surface area (Å²) < 4.78 is 24.9. The number of aryl methyl sites for hydroxylation is 2. The standard InChI is InChI=1S/C28H40FNO5Si/c1-18-24(14-13-22(31)15-23(32)16-26(33)34-6)27(20-9-11-21(29)12-10-20)25(19(2)30-18)17-35-36(7,8)28(3,4)5/h9-14,22-23,31-32H,15-17H2,1-8H3. The third kappa shape index (κ3) is 7.80. The van der Waals surface area contributed by atoms with Gasteiger partial charge in [-0.2, -0.15) is 0 Å². The zero-order valence-corrected chi connectivity index (χ0v) is 23.7. The number of carbonyl (C=O) groups is 1. The van der Waals surface area contributed by atoms with E-state index >= 15 is 0 Å². The summed E-state index contributed by atoms with van der Waals surface area (Å²) in [6, 6.07) is 6.30. The molecule has 2 rings (SSSR count). The molecule has 1 aromatic heterocycles. The van der Waals surface area contributed by atoms with E-state index in [2.05, 4.69) is 38.6 Å². The van der Waals surface area contributed by atoms with Crippen LogP contribution >= 0.6 is 0 Å². The average Bonchev–Trinajstić information content (AvgIpc) is 2.77. The number of ether oxygens (including phenoxy) is 1. The van der Waals surface area contributed by atoms with Crippen molar-refractivity contribution < 1.29 is 28.6 Å². The largest absolute Gasteiger partial charge is 0.469 e. The van der Waals surface area contributed by atoms with Crippen molar-refractivity contribution in [3.8, 4) is 11.1 Å². The molecular formula is C28H40FNO5Si. The Morgan fingerprint density at radius 1 is 1.14 bits per heavy atom. The Hall–Kier alpha value is -2.39. The highest BCUT2D eigenvalue weighted by Crippen LogP contribution is 2.39. The van der Waals surface area contributed by atoms with Crippen LogP contribution in [0.5, 0.6) is 0 Å². The average molecular weight is 518 g/mol. The van der Waals surface area contributed by atoms with Gasteiger partial charge >= 0.3 is 5.97 Å². The Kier molecular flexibility index (Phi) is 10.1. The number of halogens is 1. The zero-order chi connectivity index (χ0) is 27.3. The highest BCUT2D eigenvalue weighted by molar-refractivity contribution is 6.74. The van der Waals surface area contributed by atoms with Crippen LogP contribution in [-0.2, 0) is 20.6 Å². The van der Waals surface area contributed by atoms with Crippen molar-refractivity contribution in [3.63, 3.8) is 0 Å². The number of aliphatic hydroxyl groups is 2. The molecule has 2 atom stereocenters. The number of esters is 1. The molecular weight excluding hydrogens is 477 g/mol. The summed E-state index contributed by atoms with van der Waals surface area (Å²) in [4.78, 5) is 16.1. The maximum absolute atomic E-state index is 13.8. The predicted molar refractivity (Wildman–Crippen MR) is 143 cm³/mol. The minimum absolute atomic E-state index is 0.0167. The Labute approximate surface area is 215 Å². The third-order valence-corrected chi connectivity index (χ3v) is 11.4. The van der Waals surface area contributed by atoms with Gasteiger partial charge in [-0.05, 0) is 55.2 Å². The Morgan fingerprint density at radius 3 is 2.31 bits per heavy atom. The Balaban J connectivity index is 2.50. The molecule has 8 heteroatoms. The summed E-state index contributed by atoms with van der Waals surface area (Å²) in [7, 11) is -0.805. The van der Waals surface area contributed by atoms with E-state index in [0.717, 1.165) is 33.6 Å². The van der Waals surface area contributed by atoms with Gasteiger partial charge in [0.1, 0.15) is 5.82 Å². The fraction of sp³-hybridized carbons (Fsp3) is 0.500. The van der Waals surface area contributed by atoms with E-state index in [9.17, 15) is 19.4 Å². The number of hydrogen-bond acceptors (Lipinski definition) is 6. The smallest absolute Gasteiger partial charge is 0.308 e. The van der Waals surface area contributed by atoms with E-state index in [1.807, 2.05) is 13.8 Å². The van der Waals surface area contributed by atoms with Gasteiger partial charge in [-0.3, -0.25) is 9.78 Å². The van der Waals surface area contributed by atoms with Crippen LogP contribution in [0.15, 0.2) is 30.3 Å². The van der Waals surface area contributed by atoms with Gasteiger partial charge < -0.3 is 19.4 Å². The van der Waals surface area contributed by atoms with Crippen LogP contribution in [0.1, 0.15) is 56.1 Å². The van der Waals surface area contributed by atoms with Crippen LogP contribution in [0, 0.1) is 19.7 Å². The van der Waals surface area contributed by atoms with E-state index in [-0.39, 0.29) is 23.7 Å². The molecule has 1 heterocycles. The van der Waals surface area contributed by atoms with Gasteiger partial charge in [-0.15, -0.1) is 0 Å². The lowest BCUT2D eigenvalue weighted by molar-refractivity contribution is -0.143. The van der Waals surface area contributed by atoms with Crippen LogP contribution < -0.4 is 0 Å².